The number of hydrogen-bond donors (Lipinski definition) is 2. The summed E-state index contributed by atoms with van der Waals surface area (Å²) in [4.78, 5) is 15.5. The number of ether oxygens (including phenoxy) is 1. The molecule has 2 aromatic rings. The van der Waals surface area contributed by atoms with Gasteiger partial charge in [0.2, 0.25) is 0 Å². The van der Waals surface area contributed by atoms with Crippen LogP contribution in [0.2, 0.25) is 0 Å². The number of anilines is 1. The van der Waals surface area contributed by atoms with Crippen molar-refractivity contribution in [1.82, 2.24) is 15.2 Å². The van der Waals surface area contributed by atoms with E-state index < -0.39 is 5.97 Å². The van der Waals surface area contributed by atoms with Crippen molar-refractivity contribution in [3.63, 3.8) is 0 Å². The van der Waals surface area contributed by atoms with Crippen molar-refractivity contribution in [3.8, 4) is 0 Å². The number of nitrogens with zero attached hydrogens (tertiary/aromatic N) is 2. The van der Waals surface area contributed by atoms with Gasteiger partial charge in [-0.15, -0.1) is 0 Å². The largest absolute Gasteiger partial charge is 0.462 e. The number of H-pyrrole nitrogens is 1. The number of esters is 1. The average Bonchev–Trinajstić information content (AvgIpc) is 2.61. The van der Waals surface area contributed by atoms with E-state index in [0.29, 0.717) is 23.1 Å². The molecule has 0 saturated carbocycles. The first-order valence-electron chi connectivity index (χ1n) is 4.48. The number of fused-ring (bicyclic) bond motifs is 1. The Morgan fingerprint density at radius 2 is 2.40 bits per heavy atom. The molecule has 3 N–H and O–H groups in total. The number of hydrogen-bond acceptors (Lipinski definition) is 5. The predicted molar refractivity (Wildman–Crippen MR) is 54.3 cm³/mol. The summed E-state index contributed by atoms with van der Waals surface area (Å²) in [6.45, 7) is 2.05. The quantitative estimate of drug-likeness (QED) is 0.706. The third-order valence-electron chi connectivity index (χ3n) is 1.99. The van der Waals surface area contributed by atoms with Crippen molar-refractivity contribution >= 4 is 22.7 Å². The van der Waals surface area contributed by atoms with Gasteiger partial charge < -0.3 is 10.5 Å². The molecule has 15 heavy (non-hydrogen) atoms. The van der Waals surface area contributed by atoms with Crippen LogP contribution < -0.4 is 5.73 Å². The lowest BCUT2D eigenvalue weighted by Gasteiger charge is -2.02. The highest BCUT2D eigenvalue weighted by atomic mass is 16.5. The Morgan fingerprint density at radius 1 is 1.60 bits per heavy atom. The lowest BCUT2D eigenvalue weighted by molar-refractivity contribution is 0.0528. The standard InChI is InChI=1S/C9H10N4O2/c1-2-15-9(14)5-3-11-4-6-7(5)8(10)13-12-6/h3-4H,2H2,1H3,(H3,10,12,13). The normalized spacial score (nSPS) is 10.5. The maximum absolute atomic E-state index is 11.5. The van der Waals surface area contributed by atoms with Gasteiger partial charge in [0.1, 0.15) is 0 Å². The number of rotatable bonds is 2. The van der Waals surface area contributed by atoms with Crippen LogP contribution in [0.15, 0.2) is 12.4 Å². The Kier molecular flexibility index (Phi) is 2.24. The minimum atomic E-state index is -0.441. The molecule has 2 aromatic heterocycles. The molecule has 6 heteroatoms. The summed E-state index contributed by atoms with van der Waals surface area (Å²) in [5.74, 6) is -0.167. The number of nitrogens with one attached hydrogen (secondary N) is 1. The van der Waals surface area contributed by atoms with E-state index in [1.165, 1.54) is 6.20 Å². The van der Waals surface area contributed by atoms with Gasteiger partial charge in [-0.25, -0.2) is 4.79 Å². The van der Waals surface area contributed by atoms with Gasteiger partial charge in [0.05, 0.1) is 29.3 Å². The van der Waals surface area contributed by atoms with Crippen molar-refractivity contribution in [2.45, 2.75) is 6.92 Å². The maximum atomic E-state index is 11.5. The zero-order valence-corrected chi connectivity index (χ0v) is 8.15. The molecule has 0 amide bonds. The molecular weight excluding hydrogens is 196 g/mol. The lowest BCUT2D eigenvalue weighted by atomic mass is 10.2. The second-order valence-corrected chi connectivity index (χ2v) is 2.94. The zero-order chi connectivity index (χ0) is 10.8. The van der Waals surface area contributed by atoms with E-state index in [1.54, 1.807) is 13.1 Å². The van der Waals surface area contributed by atoms with Crippen LogP contribution in [0.1, 0.15) is 17.3 Å². The first-order chi connectivity index (χ1) is 7.24. The summed E-state index contributed by atoms with van der Waals surface area (Å²) in [7, 11) is 0. The smallest absolute Gasteiger partial charge is 0.340 e. The summed E-state index contributed by atoms with van der Waals surface area (Å²) in [5.41, 5.74) is 6.59. The minimum Gasteiger partial charge on any atom is -0.462 e. The minimum absolute atomic E-state index is 0.274. The van der Waals surface area contributed by atoms with Crippen molar-refractivity contribution in [1.29, 1.82) is 0 Å². The Balaban J connectivity index is 2.59. The number of nitrogen functional groups attached to an aromatic ring is 1. The average molecular weight is 206 g/mol. The van der Waals surface area contributed by atoms with E-state index in [-0.39, 0.29) is 5.82 Å². The second kappa shape index (κ2) is 3.56. The van der Waals surface area contributed by atoms with Crippen LogP contribution in [0.4, 0.5) is 5.82 Å². The molecule has 0 spiro atoms. The third-order valence-corrected chi connectivity index (χ3v) is 1.99. The molecule has 0 aliphatic carbocycles. The molecule has 0 fully saturated rings. The van der Waals surface area contributed by atoms with E-state index in [0.717, 1.165) is 0 Å². The van der Waals surface area contributed by atoms with E-state index in [2.05, 4.69) is 15.2 Å². The summed E-state index contributed by atoms with van der Waals surface area (Å²) in [5, 5.41) is 7.04. The summed E-state index contributed by atoms with van der Waals surface area (Å²) >= 11 is 0. The van der Waals surface area contributed by atoms with Gasteiger partial charge in [0.15, 0.2) is 5.82 Å². The SMILES string of the molecule is CCOC(=O)c1cncc2[nH]nc(N)c12. The Labute approximate surface area is 85.4 Å². The topological polar surface area (TPSA) is 93.9 Å². The van der Waals surface area contributed by atoms with Crippen LogP contribution in [0, 0.1) is 0 Å². The van der Waals surface area contributed by atoms with Gasteiger partial charge >= 0.3 is 5.97 Å². The van der Waals surface area contributed by atoms with Gasteiger partial charge in [-0.1, -0.05) is 0 Å². The molecule has 0 aromatic carbocycles. The fourth-order valence-electron chi connectivity index (χ4n) is 1.36. The second-order valence-electron chi connectivity index (χ2n) is 2.94. The molecule has 0 aliphatic heterocycles. The molecule has 2 rings (SSSR count). The number of aromatic amines is 1. The maximum Gasteiger partial charge on any atom is 0.340 e. The fraction of sp³-hybridized carbons (Fsp3) is 0.222. The van der Waals surface area contributed by atoms with Crippen molar-refractivity contribution in [3.05, 3.63) is 18.0 Å². The van der Waals surface area contributed by atoms with Gasteiger partial charge in [0.25, 0.3) is 0 Å². The molecule has 6 nitrogen and oxygen atoms in total. The number of carbonyl (C=O) groups is 1. The van der Waals surface area contributed by atoms with Gasteiger partial charge in [-0.2, -0.15) is 5.10 Å². The molecule has 0 radical (unpaired) electrons. The monoisotopic (exact) mass is 206 g/mol. The number of nitrogens with two attached hydrogens (primary N) is 1. The lowest BCUT2D eigenvalue weighted by Crippen LogP contribution is -2.06. The molecule has 0 bridgehead atoms. The van der Waals surface area contributed by atoms with Gasteiger partial charge in [-0.05, 0) is 6.92 Å². The van der Waals surface area contributed by atoms with Crippen molar-refractivity contribution < 1.29 is 9.53 Å². The Morgan fingerprint density at radius 3 is 3.13 bits per heavy atom. The molecule has 0 saturated heterocycles. The molecule has 78 valence electrons. The van der Waals surface area contributed by atoms with Crippen LogP contribution in [-0.4, -0.2) is 27.8 Å². The molecule has 0 aliphatic rings. The highest BCUT2D eigenvalue weighted by molar-refractivity contribution is 6.07. The first-order valence-corrected chi connectivity index (χ1v) is 4.48. The van der Waals surface area contributed by atoms with Crippen LogP contribution in [0.5, 0.6) is 0 Å². The van der Waals surface area contributed by atoms with E-state index in [4.69, 9.17) is 10.5 Å². The molecule has 0 unspecified atom stereocenters. The predicted octanol–water partition coefficient (Wildman–Crippen LogP) is 0.717. The third kappa shape index (κ3) is 1.50. The summed E-state index contributed by atoms with van der Waals surface area (Å²) in [6.07, 6.45) is 2.98. The van der Waals surface area contributed by atoms with E-state index in [9.17, 15) is 4.79 Å². The summed E-state index contributed by atoms with van der Waals surface area (Å²) in [6, 6.07) is 0. The van der Waals surface area contributed by atoms with Gasteiger partial charge in [0, 0.05) is 6.20 Å². The molecular formula is C9H10N4O2. The highest BCUT2D eigenvalue weighted by Crippen LogP contribution is 2.21. The van der Waals surface area contributed by atoms with Crippen LogP contribution in [-0.2, 0) is 4.74 Å². The van der Waals surface area contributed by atoms with Crippen molar-refractivity contribution in [2.24, 2.45) is 0 Å². The molecule has 0 atom stereocenters. The summed E-state index contributed by atoms with van der Waals surface area (Å²) < 4.78 is 4.88. The molecule has 2 heterocycles. The highest BCUT2D eigenvalue weighted by Gasteiger charge is 2.15. The number of aromatic nitrogens is 3. The van der Waals surface area contributed by atoms with Crippen LogP contribution in [0.3, 0.4) is 0 Å². The first kappa shape index (κ1) is 9.45. The fourth-order valence-corrected chi connectivity index (χ4v) is 1.36. The number of pyridine rings is 1. The Hall–Kier alpha value is -2.11. The Bertz CT molecular complexity index is 506. The zero-order valence-electron chi connectivity index (χ0n) is 8.15. The van der Waals surface area contributed by atoms with Gasteiger partial charge in [-0.3, -0.25) is 10.1 Å². The van der Waals surface area contributed by atoms with Crippen LogP contribution in [0.25, 0.3) is 10.9 Å². The van der Waals surface area contributed by atoms with E-state index in [1.807, 2.05) is 0 Å². The van der Waals surface area contributed by atoms with Crippen molar-refractivity contribution in [2.75, 3.05) is 12.3 Å². The number of carbonyl (C=O) groups excluding carboxylic acids is 1. The van der Waals surface area contributed by atoms with E-state index >= 15 is 0 Å². The van der Waals surface area contributed by atoms with Crippen LogP contribution >= 0.6 is 0 Å².